The molecule has 1 aromatic rings. The van der Waals surface area contributed by atoms with Gasteiger partial charge in [0.25, 0.3) is 5.56 Å². The highest BCUT2D eigenvalue weighted by molar-refractivity contribution is 7.81. The lowest BCUT2D eigenvalue weighted by Gasteiger charge is -2.40. The number of ether oxygens (including phenoxy) is 2. The molecule has 10 atom stereocenters. The predicted molar refractivity (Wildman–Crippen MR) is 119 cm³/mol. The number of phosphoric acid groups is 2. The highest BCUT2D eigenvalue weighted by atomic mass is 32.1. The minimum atomic E-state index is -5.46. The molecule has 2 aliphatic rings. The Bertz CT molecular complexity index is 1140. The van der Waals surface area contributed by atoms with Crippen LogP contribution in [0.5, 0.6) is 0 Å². The van der Waals surface area contributed by atoms with Gasteiger partial charge in [-0.2, -0.15) is 16.9 Å². The number of nitrogens with one attached hydrogen (secondary N) is 1. The van der Waals surface area contributed by atoms with Crippen LogP contribution in [-0.2, 0) is 32.0 Å². The zero-order valence-corrected chi connectivity index (χ0v) is 21.1. The molecule has 0 spiro atoms. The minimum absolute atomic E-state index is 0.155. The van der Waals surface area contributed by atoms with Gasteiger partial charge in [0, 0.05) is 18.2 Å². The summed E-state index contributed by atoms with van der Waals surface area (Å²) in [5, 5.41) is 38.0. The van der Waals surface area contributed by atoms with Crippen molar-refractivity contribution in [3.05, 3.63) is 32.6 Å². The van der Waals surface area contributed by atoms with Gasteiger partial charge in [-0.05, 0) is 6.92 Å². The van der Waals surface area contributed by atoms with Gasteiger partial charge in [-0.25, -0.2) is 13.9 Å². The first-order chi connectivity index (χ1) is 16.6. The highest BCUT2D eigenvalue weighted by Crippen LogP contribution is 2.61. The molecule has 0 aliphatic carbocycles. The Hall–Kier alpha value is -0.950. The molecular weight excluding hydrogens is 554 g/mol. The highest BCUT2D eigenvalue weighted by Gasteiger charge is 2.48. The number of H-pyrrole nitrogens is 1. The number of nitrogens with zero attached hydrogens (tertiary/aromatic N) is 1. The first-order valence-electron chi connectivity index (χ1n) is 10.3. The number of phosphoric ester groups is 2. The van der Waals surface area contributed by atoms with E-state index < -0.39 is 88.4 Å². The molecule has 2 fully saturated rings. The molecule has 20 heteroatoms. The van der Waals surface area contributed by atoms with Crippen LogP contribution < -0.4 is 11.2 Å². The maximum absolute atomic E-state index is 12.2. The number of aromatic nitrogens is 2. The van der Waals surface area contributed by atoms with E-state index in [0.717, 1.165) is 4.57 Å². The SMILES string of the molecule is Cc1cn(C2CC(O)C(COP(=O)(O)OP(=O)(O)OC3OC(CO)C(O)C(S)C3O)O2)c(=O)[nH]c1=O. The Balaban J connectivity index is 1.59. The van der Waals surface area contributed by atoms with Crippen molar-refractivity contribution in [2.24, 2.45) is 0 Å². The molecule has 0 aromatic carbocycles. The monoisotopic (exact) mass is 580 g/mol. The zero-order valence-electron chi connectivity index (χ0n) is 18.5. The Morgan fingerprint density at radius 1 is 1.14 bits per heavy atom. The van der Waals surface area contributed by atoms with Crippen molar-refractivity contribution in [3.63, 3.8) is 0 Å². The van der Waals surface area contributed by atoms with E-state index in [0.29, 0.717) is 0 Å². The molecule has 10 unspecified atom stereocenters. The van der Waals surface area contributed by atoms with Gasteiger partial charge in [0.05, 0.1) is 30.7 Å². The van der Waals surface area contributed by atoms with E-state index in [4.69, 9.17) is 9.47 Å². The van der Waals surface area contributed by atoms with E-state index in [2.05, 4.69) is 31.0 Å². The summed E-state index contributed by atoms with van der Waals surface area (Å²) in [5.74, 6) is 0. The molecule has 206 valence electrons. The smallest absolute Gasteiger partial charge is 0.394 e. The first kappa shape index (κ1) is 29.6. The molecule has 0 bridgehead atoms. The third kappa shape index (κ3) is 6.92. The molecule has 3 heterocycles. The molecule has 0 saturated carbocycles. The molecular formula is C16H26N2O15P2S. The van der Waals surface area contributed by atoms with Crippen molar-refractivity contribution in [2.75, 3.05) is 13.2 Å². The molecule has 7 N–H and O–H groups in total. The van der Waals surface area contributed by atoms with E-state index in [1.807, 2.05) is 0 Å². The van der Waals surface area contributed by atoms with E-state index in [-0.39, 0.29) is 12.0 Å². The number of aliphatic hydroxyl groups excluding tert-OH is 4. The Morgan fingerprint density at radius 2 is 1.81 bits per heavy atom. The Kier molecular flexibility index (Phi) is 9.40. The summed E-state index contributed by atoms with van der Waals surface area (Å²) in [6.07, 6.45) is -9.18. The van der Waals surface area contributed by atoms with Gasteiger partial charge < -0.3 is 39.7 Å². The van der Waals surface area contributed by atoms with Crippen molar-refractivity contribution < 1.29 is 62.2 Å². The van der Waals surface area contributed by atoms with Crippen LogP contribution in [0.1, 0.15) is 18.2 Å². The molecule has 3 rings (SSSR count). The summed E-state index contributed by atoms with van der Waals surface area (Å²) >= 11 is 3.91. The summed E-state index contributed by atoms with van der Waals surface area (Å²) in [6, 6.07) is 0. The lowest BCUT2D eigenvalue weighted by molar-refractivity contribution is -0.241. The molecule has 1 aromatic heterocycles. The molecule has 2 saturated heterocycles. The normalized spacial score (nSPS) is 36.3. The number of hydrogen-bond donors (Lipinski definition) is 8. The number of aliphatic hydroxyl groups is 4. The largest absolute Gasteiger partial charge is 0.483 e. The van der Waals surface area contributed by atoms with Crippen molar-refractivity contribution in [1.82, 2.24) is 9.55 Å². The Morgan fingerprint density at radius 3 is 2.44 bits per heavy atom. The van der Waals surface area contributed by atoms with Gasteiger partial charge >= 0.3 is 21.3 Å². The summed E-state index contributed by atoms with van der Waals surface area (Å²) in [5.41, 5.74) is -1.23. The minimum Gasteiger partial charge on any atom is -0.394 e. The zero-order chi connectivity index (χ0) is 27.0. The lowest BCUT2D eigenvalue weighted by Crippen LogP contribution is -2.56. The van der Waals surface area contributed by atoms with Gasteiger partial charge in [-0.3, -0.25) is 23.4 Å². The average molecular weight is 580 g/mol. The topological polar surface area (TPSA) is 257 Å². The third-order valence-corrected chi connectivity index (χ3v) is 8.57. The van der Waals surface area contributed by atoms with Gasteiger partial charge in [0.1, 0.15) is 24.5 Å². The van der Waals surface area contributed by atoms with Crippen molar-refractivity contribution in [1.29, 1.82) is 0 Å². The van der Waals surface area contributed by atoms with Crippen LogP contribution in [0.15, 0.2) is 15.8 Å². The van der Waals surface area contributed by atoms with Gasteiger partial charge in [-0.15, -0.1) is 0 Å². The fourth-order valence-electron chi connectivity index (χ4n) is 3.46. The van der Waals surface area contributed by atoms with Crippen molar-refractivity contribution >= 4 is 28.3 Å². The quantitative estimate of drug-likeness (QED) is 0.111. The number of aromatic amines is 1. The summed E-state index contributed by atoms with van der Waals surface area (Å²) in [6.45, 7) is -0.157. The predicted octanol–water partition coefficient (Wildman–Crippen LogP) is -2.52. The van der Waals surface area contributed by atoms with Crippen molar-refractivity contribution in [3.8, 4) is 0 Å². The van der Waals surface area contributed by atoms with E-state index >= 15 is 0 Å². The maximum Gasteiger partial charge on any atom is 0.483 e. The summed E-state index contributed by atoms with van der Waals surface area (Å²) in [7, 11) is -10.8. The molecule has 0 amide bonds. The third-order valence-electron chi connectivity index (χ3n) is 5.35. The molecule has 0 radical (unpaired) electrons. The van der Waals surface area contributed by atoms with Crippen molar-refractivity contribution in [2.45, 2.75) is 61.6 Å². The lowest BCUT2D eigenvalue weighted by atomic mass is 10.0. The molecule has 2 aliphatic heterocycles. The Labute approximate surface area is 207 Å². The second-order valence-electron chi connectivity index (χ2n) is 8.03. The van der Waals surface area contributed by atoms with Crippen LogP contribution in [-0.4, -0.2) is 95.0 Å². The van der Waals surface area contributed by atoms with Crippen LogP contribution in [0.2, 0.25) is 0 Å². The van der Waals surface area contributed by atoms with E-state index in [1.165, 1.54) is 13.1 Å². The van der Waals surface area contributed by atoms with Crippen LogP contribution in [0.25, 0.3) is 0 Å². The molecule has 17 nitrogen and oxygen atoms in total. The first-order valence-corrected chi connectivity index (χ1v) is 13.8. The van der Waals surface area contributed by atoms with Gasteiger partial charge in [0.2, 0.25) is 0 Å². The average Bonchev–Trinajstić information content (AvgIpc) is 3.14. The number of rotatable bonds is 9. The number of thiol groups is 1. The van der Waals surface area contributed by atoms with E-state index in [1.54, 1.807) is 0 Å². The fourth-order valence-corrected chi connectivity index (χ4v) is 5.95. The van der Waals surface area contributed by atoms with Crippen LogP contribution in [0.4, 0.5) is 0 Å². The fraction of sp³-hybridized carbons (Fsp3) is 0.750. The van der Waals surface area contributed by atoms with Crippen LogP contribution >= 0.6 is 28.3 Å². The van der Waals surface area contributed by atoms with E-state index in [9.17, 15) is 48.9 Å². The van der Waals surface area contributed by atoms with Crippen LogP contribution in [0.3, 0.4) is 0 Å². The summed E-state index contributed by atoms with van der Waals surface area (Å²) < 4.78 is 49.2. The van der Waals surface area contributed by atoms with Gasteiger partial charge in [0.15, 0.2) is 6.29 Å². The second kappa shape index (κ2) is 11.4. The maximum atomic E-state index is 12.2. The summed E-state index contributed by atoms with van der Waals surface area (Å²) in [4.78, 5) is 45.3. The molecule has 36 heavy (non-hydrogen) atoms. The van der Waals surface area contributed by atoms with Crippen LogP contribution in [0, 0.1) is 6.92 Å². The number of aryl methyl sites for hydroxylation is 1. The second-order valence-corrected chi connectivity index (χ2v) is 11.6. The number of hydrogen-bond acceptors (Lipinski definition) is 14. The van der Waals surface area contributed by atoms with Gasteiger partial charge in [-0.1, -0.05) is 0 Å². The standard InChI is InChI=1S/C16H26N2O15P2S/c1-6-3-18(16(24)17-14(6)23)10-2-7(20)9(30-10)5-29-34(25,26)33-35(27,28)32-15-12(22)13(36)11(21)8(4-19)31-15/h3,7-13,15,19-22,36H,2,4-5H2,1H3,(H,25,26)(H,27,28)(H,17,23,24).